The first kappa shape index (κ1) is 32.2. The van der Waals surface area contributed by atoms with Crippen molar-refractivity contribution >= 4 is 56.5 Å². The minimum absolute atomic E-state index is 0.148. The molecular formula is C25H21Cl3F6O3S. The molecular weight excluding hydrogens is 601 g/mol. The Hall–Kier alpha value is -2.01. The lowest BCUT2D eigenvalue weighted by Gasteiger charge is -2.19. The molecule has 0 N–H and O–H groups in total. The van der Waals surface area contributed by atoms with Crippen molar-refractivity contribution in [3.05, 3.63) is 86.4 Å². The first-order valence-electron chi connectivity index (χ1n) is 10.8. The van der Waals surface area contributed by atoms with E-state index in [9.17, 15) is 39.6 Å². The van der Waals surface area contributed by atoms with Crippen molar-refractivity contribution in [2.75, 3.05) is 11.5 Å². The van der Waals surface area contributed by atoms with Crippen LogP contribution in [-0.4, -0.2) is 31.9 Å². The second kappa shape index (κ2) is 12.4. The van der Waals surface area contributed by atoms with Gasteiger partial charge in [-0.3, -0.25) is 4.79 Å². The van der Waals surface area contributed by atoms with Gasteiger partial charge in [-0.25, -0.2) is 8.42 Å². The zero-order chi connectivity index (χ0) is 29.1. The van der Waals surface area contributed by atoms with E-state index in [0.717, 1.165) is 36.4 Å². The third kappa shape index (κ3) is 8.76. The van der Waals surface area contributed by atoms with Crippen LogP contribution in [0, 0.1) is 5.92 Å². The number of halogens is 9. The number of carbonyl (C=O) groups is 1. The maximum atomic E-state index is 13.8. The number of alkyl halides is 6. The van der Waals surface area contributed by atoms with Gasteiger partial charge in [-0.05, 0) is 35.2 Å². The first-order chi connectivity index (χ1) is 17.4. The van der Waals surface area contributed by atoms with E-state index in [-0.39, 0.29) is 31.9 Å². The van der Waals surface area contributed by atoms with Crippen molar-refractivity contribution in [1.82, 2.24) is 0 Å². The summed E-state index contributed by atoms with van der Waals surface area (Å²) in [6.07, 6.45) is -7.70. The van der Waals surface area contributed by atoms with Gasteiger partial charge in [-0.1, -0.05) is 72.1 Å². The highest BCUT2D eigenvalue weighted by Gasteiger charge is 2.40. The van der Waals surface area contributed by atoms with Crippen LogP contribution in [0.15, 0.2) is 49.1 Å². The summed E-state index contributed by atoms with van der Waals surface area (Å²) in [5.74, 6) is -4.77. The van der Waals surface area contributed by atoms with E-state index in [0.29, 0.717) is 12.1 Å². The van der Waals surface area contributed by atoms with Crippen molar-refractivity contribution in [3.63, 3.8) is 0 Å². The molecule has 13 heteroatoms. The van der Waals surface area contributed by atoms with Crippen LogP contribution < -0.4 is 0 Å². The van der Waals surface area contributed by atoms with Crippen molar-refractivity contribution < 1.29 is 39.6 Å². The number of ketones is 1. The van der Waals surface area contributed by atoms with Gasteiger partial charge in [0.05, 0.1) is 38.1 Å². The highest BCUT2D eigenvalue weighted by atomic mass is 35.5. The van der Waals surface area contributed by atoms with E-state index in [1.807, 2.05) is 0 Å². The lowest BCUT2D eigenvalue weighted by molar-refractivity contribution is -0.139. The van der Waals surface area contributed by atoms with Crippen LogP contribution >= 0.6 is 34.8 Å². The molecule has 3 nitrogen and oxygen atoms in total. The molecule has 0 radical (unpaired) electrons. The van der Waals surface area contributed by atoms with Crippen LogP contribution in [0.25, 0.3) is 6.08 Å². The SMILES string of the molecule is C=CCS(=O)(=O)C[C@@H](C)CC(=O)c1ccc(/C=C/C(c2cc(Cl)c(Cl)c(Cl)c2)C(F)(F)F)cc1C(F)(F)F. The van der Waals surface area contributed by atoms with Crippen molar-refractivity contribution in [1.29, 1.82) is 0 Å². The number of carbonyl (C=O) groups excluding carboxylic acids is 1. The molecule has 0 aliphatic heterocycles. The maximum Gasteiger partial charge on any atom is 0.417 e. The summed E-state index contributed by atoms with van der Waals surface area (Å²) in [6, 6.07) is 4.38. The number of Topliss-reactive ketones (excluding diaryl/α,β-unsaturated/α-hetero) is 1. The summed E-state index contributed by atoms with van der Waals surface area (Å²) < 4.78 is 106. The maximum absolute atomic E-state index is 13.8. The summed E-state index contributed by atoms with van der Waals surface area (Å²) >= 11 is 17.5. The van der Waals surface area contributed by atoms with Gasteiger partial charge in [0, 0.05) is 12.0 Å². The van der Waals surface area contributed by atoms with Gasteiger partial charge in [0.15, 0.2) is 15.6 Å². The van der Waals surface area contributed by atoms with Gasteiger partial charge in [-0.15, -0.1) is 6.58 Å². The molecule has 0 spiro atoms. The minimum atomic E-state index is -5.01. The monoisotopic (exact) mass is 620 g/mol. The molecule has 2 aromatic carbocycles. The molecule has 0 saturated carbocycles. The fraction of sp³-hybridized carbons (Fsp3) is 0.320. The third-order valence-electron chi connectivity index (χ3n) is 5.29. The number of hydrogen-bond acceptors (Lipinski definition) is 3. The summed E-state index contributed by atoms with van der Waals surface area (Å²) in [7, 11) is -3.58. The molecule has 0 saturated heterocycles. The molecule has 0 aliphatic rings. The largest absolute Gasteiger partial charge is 0.417 e. The molecule has 0 heterocycles. The van der Waals surface area contributed by atoms with Crippen LogP contribution in [0.3, 0.4) is 0 Å². The lowest BCUT2D eigenvalue weighted by Crippen LogP contribution is -2.20. The molecule has 2 atom stereocenters. The molecule has 38 heavy (non-hydrogen) atoms. The second-order valence-electron chi connectivity index (χ2n) is 8.58. The topological polar surface area (TPSA) is 51.2 Å². The van der Waals surface area contributed by atoms with E-state index < -0.39 is 63.1 Å². The average Bonchev–Trinajstić information content (AvgIpc) is 2.75. The van der Waals surface area contributed by atoms with Gasteiger partial charge in [0.1, 0.15) is 0 Å². The quantitative estimate of drug-likeness (QED) is 0.115. The Morgan fingerprint density at radius 1 is 1.03 bits per heavy atom. The Morgan fingerprint density at radius 2 is 1.61 bits per heavy atom. The van der Waals surface area contributed by atoms with Gasteiger partial charge < -0.3 is 0 Å². The second-order valence-corrected chi connectivity index (χ2v) is 11.9. The summed E-state index contributed by atoms with van der Waals surface area (Å²) in [5.41, 5.74) is -2.70. The van der Waals surface area contributed by atoms with Crippen molar-refractivity contribution in [2.45, 2.75) is 31.6 Å². The van der Waals surface area contributed by atoms with E-state index >= 15 is 0 Å². The fourth-order valence-electron chi connectivity index (χ4n) is 3.68. The Bertz CT molecular complexity index is 1310. The van der Waals surface area contributed by atoms with E-state index in [1.165, 1.54) is 6.92 Å². The minimum Gasteiger partial charge on any atom is -0.294 e. The molecule has 0 fully saturated rings. The smallest absolute Gasteiger partial charge is 0.294 e. The summed E-state index contributed by atoms with van der Waals surface area (Å²) in [4.78, 5) is 12.6. The Kier molecular flexibility index (Phi) is 10.5. The van der Waals surface area contributed by atoms with Gasteiger partial charge in [-0.2, -0.15) is 26.3 Å². The van der Waals surface area contributed by atoms with Crippen LogP contribution in [-0.2, 0) is 16.0 Å². The third-order valence-corrected chi connectivity index (χ3v) is 8.31. The molecule has 208 valence electrons. The Balaban J connectivity index is 2.42. The standard InChI is InChI=1S/C25H21Cl3F6O3S/c1-3-8-38(36,37)13-14(2)9-22(35)17-6-4-15(10-19(17)25(32,33)34)5-7-18(24(29,30)31)16-11-20(26)23(28)21(27)12-16/h3-7,10-12,14,18H,1,8-9,13H2,2H3/b7-5+/t14-,18?/m0/s1. The predicted octanol–water partition coefficient (Wildman–Crippen LogP) is 8.83. The normalized spacial score (nSPS) is 14.5. The molecule has 0 aliphatic carbocycles. The van der Waals surface area contributed by atoms with Gasteiger partial charge >= 0.3 is 12.4 Å². The number of sulfone groups is 1. The van der Waals surface area contributed by atoms with Crippen LogP contribution in [0.4, 0.5) is 26.3 Å². The zero-order valence-electron chi connectivity index (χ0n) is 19.6. The first-order valence-corrected chi connectivity index (χ1v) is 13.8. The van der Waals surface area contributed by atoms with Gasteiger partial charge in [0.2, 0.25) is 0 Å². The number of hydrogen-bond donors (Lipinski definition) is 0. The Labute approximate surface area is 231 Å². The molecule has 0 aromatic heterocycles. The van der Waals surface area contributed by atoms with Gasteiger partial charge in [0.25, 0.3) is 0 Å². The predicted molar refractivity (Wildman–Crippen MR) is 138 cm³/mol. The van der Waals surface area contributed by atoms with Crippen LogP contribution in [0.5, 0.6) is 0 Å². The molecule has 0 amide bonds. The van der Waals surface area contributed by atoms with E-state index in [2.05, 4.69) is 6.58 Å². The molecule has 0 bridgehead atoms. The fourth-order valence-corrected chi connectivity index (χ4v) is 5.77. The summed E-state index contributed by atoms with van der Waals surface area (Å²) in [6.45, 7) is 4.73. The van der Waals surface area contributed by atoms with Crippen molar-refractivity contribution in [3.8, 4) is 0 Å². The lowest BCUT2D eigenvalue weighted by atomic mass is 9.93. The van der Waals surface area contributed by atoms with E-state index in [4.69, 9.17) is 34.8 Å². The molecule has 2 aromatic rings. The molecule has 2 rings (SSSR count). The highest BCUT2D eigenvalue weighted by Crippen LogP contribution is 2.41. The average molecular weight is 622 g/mol. The number of benzene rings is 2. The highest BCUT2D eigenvalue weighted by molar-refractivity contribution is 7.91. The van der Waals surface area contributed by atoms with Crippen molar-refractivity contribution in [2.24, 2.45) is 5.92 Å². The molecule has 1 unspecified atom stereocenters. The van der Waals surface area contributed by atoms with E-state index in [1.54, 1.807) is 0 Å². The van der Waals surface area contributed by atoms with Crippen LogP contribution in [0.2, 0.25) is 15.1 Å². The number of rotatable bonds is 10. The Morgan fingerprint density at radius 3 is 2.11 bits per heavy atom. The number of allylic oxidation sites excluding steroid dienone is 1. The van der Waals surface area contributed by atoms with Crippen LogP contribution in [0.1, 0.15) is 46.3 Å². The zero-order valence-corrected chi connectivity index (χ0v) is 22.7. The summed E-state index contributed by atoms with van der Waals surface area (Å²) in [5, 5.41) is -0.610.